The van der Waals surface area contributed by atoms with Gasteiger partial charge in [-0.05, 0) is 174 Å². The average molecular weight is 1220 g/mol. The van der Waals surface area contributed by atoms with Crippen LogP contribution in [-0.4, -0.2) is 6.71 Å². The van der Waals surface area contributed by atoms with Gasteiger partial charge in [0.15, 0.2) is 0 Å². The maximum absolute atomic E-state index is 7.26. The summed E-state index contributed by atoms with van der Waals surface area (Å²) in [5.41, 5.74) is 31.6. The molecule has 14 aromatic rings. The average Bonchev–Trinajstić information content (AvgIpc) is 0.690. The van der Waals surface area contributed by atoms with Crippen LogP contribution in [0.1, 0.15) is 49.9 Å². The normalized spacial score (nSPS) is 14.1. The van der Waals surface area contributed by atoms with Gasteiger partial charge in [-0.2, -0.15) is 0 Å². The van der Waals surface area contributed by atoms with Crippen molar-refractivity contribution in [1.29, 1.82) is 0 Å². The highest BCUT2D eigenvalue weighted by molar-refractivity contribution is 7.00. The van der Waals surface area contributed by atoms with E-state index in [1.165, 1.54) is 61.1 Å². The Hall–Kier alpha value is -11.7. The van der Waals surface area contributed by atoms with Crippen molar-refractivity contribution in [1.82, 2.24) is 0 Å². The highest BCUT2D eigenvalue weighted by atomic mass is 16.5. The molecule has 0 spiro atoms. The lowest BCUT2D eigenvalue weighted by Crippen LogP contribution is -2.61. The van der Waals surface area contributed by atoms with Crippen LogP contribution >= 0.6 is 0 Å². The Morgan fingerprint density at radius 3 is 1.21 bits per heavy atom. The first-order valence-electron chi connectivity index (χ1n) is 33.2. The van der Waals surface area contributed by atoms with Gasteiger partial charge in [-0.25, -0.2) is 0 Å². The van der Waals surface area contributed by atoms with E-state index in [2.05, 4.69) is 370 Å². The van der Waals surface area contributed by atoms with Crippen molar-refractivity contribution in [3.8, 4) is 78.3 Å². The van der Waals surface area contributed by atoms with Crippen LogP contribution in [0.3, 0.4) is 0 Å². The van der Waals surface area contributed by atoms with Gasteiger partial charge in [0.25, 0.3) is 6.71 Å². The maximum atomic E-state index is 7.26. The van der Waals surface area contributed by atoms with E-state index in [1.807, 2.05) is 0 Å². The lowest BCUT2D eigenvalue weighted by atomic mass is 9.33. The fourth-order valence-corrected chi connectivity index (χ4v) is 15.9. The summed E-state index contributed by atoms with van der Waals surface area (Å²) in [7, 11) is 0. The van der Waals surface area contributed by atoms with E-state index in [1.54, 1.807) is 0 Å². The molecule has 0 saturated carbocycles. The SMILES string of the molecule is CC1(C)c2ccccc2Oc2cc3c(cc21)N(c1ccc(-c2ccccc2)cc1-c1ccccc1)c1cc(-c2ccc4c(c2)C(C)(C)c2ccccc2N4c2ccccc2)cc2c1B3c1cc(-c3ccccc3)ccc1N2c1ccc(-c2ccccc2)cc1-c1ccccc1. The highest BCUT2D eigenvalue weighted by Gasteiger charge is 2.47. The van der Waals surface area contributed by atoms with Crippen LogP contribution in [0.15, 0.2) is 328 Å². The molecule has 0 radical (unpaired) electrons. The first-order valence-corrected chi connectivity index (χ1v) is 33.2. The van der Waals surface area contributed by atoms with Crippen molar-refractivity contribution in [2.45, 2.75) is 38.5 Å². The van der Waals surface area contributed by atoms with Gasteiger partial charge < -0.3 is 19.4 Å². The number of nitrogens with zero attached hydrogens (tertiary/aromatic N) is 3. The predicted octanol–water partition coefficient (Wildman–Crippen LogP) is 22.3. The Kier molecular flexibility index (Phi) is 13.0. The summed E-state index contributed by atoms with van der Waals surface area (Å²) < 4.78 is 7.26. The summed E-state index contributed by atoms with van der Waals surface area (Å²) >= 11 is 0. The van der Waals surface area contributed by atoms with Crippen LogP contribution in [0.5, 0.6) is 11.5 Å². The standard InChI is InChI=1S/C90H66BN3O/c1-89(2)72-39-23-25-41-80(72)92(69-37-21-10-22-38-69)81-49-45-66(53-74(81)89)68-55-84-88-85(56-68)94(79-48-44-65(60-29-13-6-14-30-60)52-71(79)63-35-19-9-20-36-63)83-57-75-87(95-86-42-26-24-40-73(86)90(75,3)4)58-77(83)91(88)76-54-67(61-31-15-7-16-32-61)46-50-82(76)93(84)78-47-43-64(59-27-11-5-12-28-59)51-70(78)62-33-17-8-18-34-62/h5-58H,1-4H3. The number of fused-ring (bicyclic) bond motifs is 8. The number of para-hydroxylation sites is 3. The van der Waals surface area contributed by atoms with Crippen LogP contribution in [0, 0.1) is 0 Å². The van der Waals surface area contributed by atoms with E-state index in [4.69, 9.17) is 4.74 Å². The smallest absolute Gasteiger partial charge is 0.252 e. The molecule has 0 bridgehead atoms. The third-order valence-electron chi connectivity index (χ3n) is 20.7. The first kappa shape index (κ1) is 56.1. The van der Waals surface area contributed by atoms with E-state index in [0.29, 0.717) is 0 Å². The Morgan fingerprint density at radius 2 is 0.653 bits per heavy atom. The van der Waals surface area contributed by atoms with Crippen LogP contribution in [-0.2, 0) is 10.8 Å². The lowest BCUT2D eigenvalue weighted by molar-refractivity contribution is 0.418. The van der Waals surface area contributed by atoms with Gasteiger partial charge in [0.05, 0.1) is 22.7 Å². The maximum Gasteiger partial charge on any atom is 0.252 e. The second kappa shape index (κ2) is 22.0. The molecular formula is C90H66BN3O. The molecule has 0 atom stereocenters. The van der Waals surface area contributed by atoms with E-state index in [9.17, 15) is 0 Å². The van der Waals surface area contributed by atoms with Gasteiger partial charge in [-0.3, -0.25) is 0 Å². The molecule has 4 aliphatic rings. The molecule has 0 N–H and O–H groups in total. The van der Waals surface area contributed by atoms with Crippen molar-refractivity contribution >= 4 is 74.3 Å². The third kappa shape index (κ3) is 9.05. The van der Waals surface area contributed by atoms with Crippen LogP contribution < -0.4 is 35.8 Å². The van der Waals surface area contributed by atoms with Crippen LogP contribution in [0.25, 0.3) is 66.8 Å². The lowest BCUT2D eigenvalue weighted by Gasteiger charge is -2.46. The molecule has 0 amide bonds. The van der Waals surface area contributed by atoms with Gasteiger partial charge in [0.2, 0.25) is 0 Å². The number of anilines is 9. The summed E-state index contributed by atoms with van der Waals surface area (Å²) in [5, 5.41) is 0. The van der Waals surface area contributed by atoms with E-state index < -0.39 is 5.41 Å². The number of ether oxygens (including phenoxy) is 1. The van der Waals surface area contributed by atoms with Crippen molar-refractivity contribution < 1.29 is 4.74 Å². The summed E-state index contributed by atoms with van der Waals surface area (Å²) in [6, 6.07) is 122. The summed E-state index contributed by atoms with van der Waals surface area (Å²) in [5.74, 6) is 1.77. The molecule has 0 fully saturated rings. The van der Waals surface area contributed by atoms with Crippen LogP contribution in [0.2, 0.25) is 0 Å². The Balaban J connectivity index is 0.980. The molecule has 18 rings (SSSR count). The monoisotopic (exact) mass is 1220 g/mol. The minimum Gasteiger partial charge on any atom is -0.457 e. The van der Waals surface area contributed by atoms with Crippen LogP contribution in [0.4, 0.5) is 51.2 Å². The highest BCUT2D eigenvalue weighted by Crippen LogP contribution is 2.57. The molecule has 4 nitrogen and oxygen atoms in total. The molecule has 0 aromatic heterocycles. The van der Waals surface area contributed by atoms with E-state index in [-0.39, 0.29) is 12.1 Å². The Labute approximate surface area is 557 Å². The second-order valence-electron chi connectivity index (χ2n) is 26.8. The third-order valence-corrected chi connectivity index (χ3v) is 20.7. The fraction of sp³-hybridized carbons (Fsp3) is 0.0667. The zero-order valence-corrected chi connectivity index (χ0v) is 53.5. The minimum absolute atomic E-state index is 0.254. The molecule has 450 valence electrons. The number of benzene rings is 14. The largest absolute Gasteiger partial charge is 0.457 e. The van der Waals surface area contributed by atoms with Gasteiger partial charge in [0, 0.05) is 61.5 Å². The van der Waals surface area contributed by atoms with Gasteiger partial charge in [-0.15, -0.1) is 0 Å². The Bertz CT molecular complexity index is 5340. The molecule has 14 aromatic carbocycles. The molecule has 4 heterocycles. The van der Waals surface area contributed by atoms with Gasteiger partial charge >= 0.3 is 0 Å². The van der Waals surface area contributed by atoms with E-state index in [0.717, 1.165) is 107 Å². The minimum atomic E-state index is -0.415. The zero-order valence-electron chi connectivity index (χ0n) is 53.5. The van der Waals surface area contributed by atoms with Crippen molar-refractivity contribution in [2.75, 3.05) is 14.7 Å². The van der Waals surface area contributed by atoms with Crippen molar-refractivity contribution in [3.63, 3.8) is 0 Å². The molecular weight excluding hydrogens is 1150 g/mol. The van der Waals surface area contributed by atoms with Crippen molar-refractivity contribution in [2.24, 2.45) is 0 Å². The molecule has 0 aliphatic carbocycles. The second-order valence-corrected chi connectivity index (χ2v) is 26.8. The number of hydrogen-bond acceptors (Lipinski definition) is 4. The summed E-state index contributed by atoms with van der Waals surface area (Å²) in [4.78, 5) is 7.71. The number of hydrogen-bond donors (Lipinski definition) is 0. The summed E-state index contributed by atoms with van der Waals surface area (Å²) in [6.07, 6.45) is 0. The Morgan fingerprint density at radius 1 is 0.242 bits per heavy atom. The molecule has 4 aliphatic heterocycles. The predicted molar refractivity (Wildman–Crippen MR) is 399 cm³/mol. The zero-order chi connectivity index (χ0) is 63.5. The fourth-order valence-electron chi connectivity index (χ4n) is 15.9. The van der Waals surface area contributed by atoms with Crippen molar-refractivity contribution in [3.05, 3.63) is 350 Å². The summed E-state index contributed by atoms with van der Waals surface area (Å²) in [6.45, 7) is 9.28. The molecule has 0 saturated heterocycles. The number of rotatable bonds is 9. The van der Waals surface area contributed by atoms with Gasteiger partial charge in [-0.1, -0.05) is 264 Å². The quantitative estimate of drug-likeness (QED) is 0.134. The first-order chi connectivity index (χ1) is 46.6. The van der Waals surface area contributed by atoms with E-state index >= 15 is 0 Å². The molecule has 95 heavy (non-hydrogen) atoms. The van der Waals surface area contributed by atoms with Gasteiger partial charge in [0.1, 0.15) is 11.5 Å². The molecule has 5 heteroatoms. The topological polar surface area (TPSA) is 19.0 Å². The molecule has 0 unspecified atom stereocenters.